The maximum absolute atomic E-state index is 5.23. The van der Waals surface area contributed by atoms with Gasteiger partial charge in [0.1, 0.15) is 0 Å². The summed E-state index contributed by atoms with van der Waals surface area (Å²) in [5.41, 5.74) is 13.3. The van der Waals surface area contributed by atoms with E-state index in [2.05, 4.69) is 165 Å². The molecule has 1 N–H and O–H groups in total. The van der Waals surface area contributed by atoms with Crippen LogP contribution < -0.4 is 10.2 Å². The van der Waals surface area contributed by atoms with Gasteiger partial charge in [-0.25, -0.2) is 9.97 Å². The van der Waals surface area contributed by atoms with Gasteiger partial charge in [-0.3, -0.25) is 0 Å². The monoisotopic (exact) mass is 664 g/mol. The van der Waals surface area contributed by atoms with Gasteiger partial charge in [-0.15, -0.1) is 6.58 Å². The molecule has 0 fully saturated rings. The molecule has 6 aromatic carbocycles. The number of aromatic nitrogens is 2. The first-order valence-electron chi connectivity index (χ1n) is 17.0. The molecule has 4 nitrogen and oxygen atoms in total. The fourth-order valence-corrected chi connectivity index (χ4v) is 5.57. The molecule has 51 heavy (non-hydrogen) atoms. The van der Waals surface area contributed by atoms with E-state index < -0.39 is 0 Å². The van der Waals surface area contributed by atoms with Crippen molar-refractivity contribution in [2.24, 2.45) is 0 Å². The predicted molar refractivity (Wildman–Crippen MR) is 221 cm³/mol. The summed E-state index contributed by atoms with van der Waals surface area (Å²) in [5, 5.41) is 3.48. The highest BCUT2D eigenvalue weighted by molar-refractivity contribution is 5.90. The van der Waals surface area contributed by atoms with E-state index >= 15 is 0 Å². The van der Waals surface area contributed by atoms with Crippen LogP contribution in [0.5, 0.6) is 0 Å². The van der Waals surface area contributed by atoms with Crippen molar-refractivity contribution in [2.75, 3.05) is 10.2 Å². The Morgan fingerprint density at radius 3 is 1.31 bits per heavy atom. The molecule has 0 atom stereocenters. The van der Waals surface area contributed by atoms with E-state index in [1.54, 1.807) is 18.2 Å². The van der Waals surface area contributed by atoms with Crippen LogP contribution in [0.3, 0.4) is 0 Å². The number of fused-ring (bicyclic) bond motifs is 1. The Balaban J connectivity index is 0.000000664. The average Bonchev–Trinajstić information content (AvgIpc) is 3.18. The molecule has 1 aromatic heterocycles. The van der Waals surface area contributed by atoms with Crippen molar-refractivity contribution in [3.05, 3.63) is 201 Å². The summed E-state index contributed by atoms with van der Waals surface area (Å²) in [7, 11) is 0. The molecular weight excluding hydrogens is 621 g/mol. The first-order valence-corrected chi connectivity index (χ1v) is 17.0. The minimum absolute atomic E-state index is 0.881. The molecule has 0 unspecified atom stereocenters. The predicted octanol–water partition coefficient (Wildman–Crippen LogP) is 13.3. The molecule has 252 valence electrons. The summed E-state index contributed by atoms with van der Waals surface area (Å²) < 4.78 is 0. The lowest BCUT2D eigenvalue weighted by Gasteiger charge is -2.26. The van der Waals surface area contributed by atoms with Crippen molar-refractivity contribution < 1.29 is 0 Å². The summed E-state index contributed by atoms with van der Waals surface area (Å²) in [6.07, 6.45) is 5.03. The SMILES string of the molecule is C=CC.C=CC=C.Cc1ccc(C)c2nc(-c3ccc(N(c4ccccc4)c4ccc(Nc5ccccc5)cc4)cc3)c(-c3ccccc3)nc12. The van der Waals surface area contributed by atoms with Gasteiger partial charge in [0.2, 0.25) is 0 Å². The van der Waals surface area contributed by atoms with Crippen LogP contribution in [0, 0.1) is 13.8 Å². The van der Waals surface area contributed by atoms with E-state index in [4.69, 9.17) is 9.97 Å². The number of hydrogen-bond acceptors (Lipinski definition) is 4. The maximum Gasteiger partial charge on any atom is 0.0973 e. The van der Waals surface area contributed by atoms with E-state index in [0.717, 1.165) is 73.1 Å². The minimum atomic E-state index is 0.881. The van der Waals surface area contributed by atoms with Gasteiger partial charge in [-0.1, -0.05) is 122 Å². The lowest BCUT2D eigenvalue weighted by molar-refractivity contribution is 1.25. The van der Waals surface area contributed by atoms with E-state index in [0.29, 0.717) is 0 Å². The molecule has 0 aliphatic rings. The Kier molecular flexibility index (Phi) is 12.5. The second-order valence-electron chi connectivity index (χ2n) is 11.8. The van der Waals surface area contributed by atoms with Crippen molar-refractivity contribution >= 4 is 39.5 Å². The highest BCUT2D eigenvalue weighted by Crippen LogP contribution is 2.38. The minimum Gasteiger partial charge on any atom is -0.356 e. The van der Waals surface area contributed by atoms with Gasteiger partial charge in [0, 0.05) is 39.6 Å². The van der Waals surface area contributed by atoms with Crippen LogP contribution in [-0.4, -0.2) is 9.97 Å². The molecular formula is C47H44N4. The topological polar surface area (TPSA) is 41.1 Å². The first-order chi connectivity index (χ1) is 25.0. The smallest absolute Gasteiger partial charge is 0.0973 e. The Bertz CT molecular complexity index is 2170. The van der Waals surface area contributed by atoms with Gasteiger partial charge in [-0.05, 0) is 92.6 Å². The highest BCUT2D eigenvalue weighted by atomic mass is 15.1. The fraction of sp³-hybridized carbons (Fsp3) is 0.0638. The molecule has 0 amide bonds. The summed E-state index contributed by atoms with van der Waals surface area (Å²) >= 11 is 0. The number of nitrogens with one attached hydrogen (secondary N) is 1. The quantitative estimate of drug-likeness (QED) is 0.130. The number of para-hydroxylation sites is 2. The van der Waals surface area contributed by atoms with Crippen LogP contribution in [0.2, 0.25) is 0 Å². The Morgan fingerprint density at radius 1 is 0.471 bits per heavy atom. The standard InChI is InChI=1S/C40H32N4.C4H6.C3H6/c1-28-18-19-29(2)38-37(28)42-39(30-12-6-3-7-13-30)40(43-38)31-20-24-35(25-21-31)44(34-16-10-5-11-17-34)36-26-22-33(23-27-36)41-32-14-8-4-9-15-32;1-3-4-2;1-3-2/h3-27,41H,1-2H3;3-4H,1-2H2;3H,1H2,2H3. The van der Waals surface area contributed by atoms with Crippen LogP contribution >= 0.6 is 0 Å². The van der Waals surface area contributed by atoms with Crippen molar-refractivity contribution in [3.8, 4) is 22.5 Å². The van der Waals surface area contributed by atoms with Gasteiger partial charge in [0.05, 0.1) is 22.4 Å². The number of aryl methyl sites for hydroxylation is 2. The number of hydrogen-bond donors (Lipinski definition) is 1. The Labute approximate surface area is 302 Å². The lowest BCUT2D eigenvalue weighted by Crippen LogP contribution is -2.09. The molecule has 7 rings (SSSR count). The van der Waals surface area contributed by atoms with Gasteiger partial charge < -0.3 is 10.2 Å². The van der Waals surface area contributed by atoms with E-state index in [1.165, 1.54) is 0 Å². The number of allylic oxidation sites excluding steroid dienone is 3. The average molecular weight is 665 g/mol. The molecule has 0 aliphatic heterocycles. The largest absolute Gasteiger partial charge is 0.356 e. The van der Waals surface area contributed by atoms with Crippen LogP contribution in [0.15, 0.2) is 190 Å². The van der Waals surface area contributed by atoms with Gasteiger partial charge in [0.25, 0.3) is 0 Å². The van der Waals surface area contributed by atoms with Gasteiger partial charge >= 0.3 is 0 Å². The summed E-state index contributed by atoms with van der Waals surface area (Å²) in [6, 6.07) is 52.5. The summed E-state index contributed by atoms with van der Waals surface area (Å²) in [6.45, 7) is 16.2. The molecule has 0 radical (unpaired) electrons. The van der Waals surface area contributed by atoms with Crippen LogP contribution in [0.4, 0.5) is 28.4 Å². The molecule has 0 saturated carbocycles. The molecule has 1 heterocycles. The van der Waals surface area contributed by atoms with E-state index in [-0.39, 0.29) is 0 Å². The second-order valence-corrected chi connectivity index (χ2v) is 11.8. The third-order valence-electron chi connectivity index (χ3n) is 8.04. The molecule has 0 bridgehead atoms. The Morgan fingerprint density at radius 2 is 0.843 bits per heavy atom. The third kappa shape index (κ3) is 8.94. The molecule has 4 heteroatoms. The van der Waals surface area contributed by atoms with E-state index in [9.17, 15) is 0 Å². The molecule has 0 spiro atoms. The van der Waals surface area contributed by atoms with Crippen LogP contribution in [0.25, 0.3) is 33.5 Å². The zero-order valence-corrected chi connectivity index (χ0v) is 29.6. The van der Waals surface area contributed by atoms with Crippen molar-refractivity contribution in [1.82, 2.24) is 9.97 Å². The van der Waals surface area contributed by atoms with Crippen molar-refractivity contribution in [2.45, 2.75) is 20.8 Å². The lowest BCUT2D eigenvalue weighted by atomic mass is 10.0. The van der Waals surface area contributed by atoms with Crippen LogP contribution in [0.1, 0.15) is 18.1 Å². The summed E-state index contributed by atoms with van der Waals surface area (Å²) in [5.74, 6) is 0. The molecule has 0 aliphatic carbocycles. The second kappa shape index (κ2) is 17.8. The normalized spacial score (nSPS) is 10.1. The first kappa shape index (κ1) is 35.8. The number of nitrogens with zero attached hydrogens (tertiary/aromatic N) is 3. The van der Waals surface area contributed by atoms with Gasteiger partial charge in [0.15, 0.2) is 0 Å². The maximum atomic E-state index is 5.23. The number of anilines is 5. The fourth-order valence-electron chi connectivity index (χ4n) is 5.57. The third-order valence-corrected chi connectivity index (χ3v) is 8.04. The Hall–Kier alpha value is -6.52. The van der Waals surface area contributed by atoms with Crippen LogP contribution in [-0.2, 0) is 0 Å². The van der Waals surface area contributed by atoms with Crippen molar-refractivity contribution in [3.63, 3.8) is 0 Å². The van der Waals surface area contributed by atoms with E-state index in [1.807, 2.05) is 37.3 Å². The number of benzene rings is 6. The molecule has 0 saturated heterocycles. The number of rotatable bonds is 8. The van der Waals surface area contributed by atoms with Gasteiger partial charge in [-0.2, -0.15) is 0 Å². The molecule has 7 aromatic rings. The zero-order valence-electron chi connectivity index (χ0n) is 29.6. The summed E-state index contributed by atoms with van der Waals surface area (Å²) in [4.78, 5) is 12.7. The highest BCUT2D eigenvalue weighted by Gasteiger charge is 2.17. The van der Waals surface area contributed by atoms with Crippen molar-refractivity contribution in [1.29, 1.82) is 0 Å². The zero-order chi connectivity index (χ0) is 36.0.